The molecule has 2 atom stereocenters. The Morgan fingerprint density at radius 2 is 2.35 bits per heavy atom. The highest BCUT2D eigenvalue weighted by molar-refractivity contribution is 4.94. The molecule has 2 rings (SSSR count). The fourth-order valence-electron chi connectivity index (χ4n) is 2.72. The summed E-state index contributed by atoms with van der Waals surface area (Å²) in [5.74, 6) is 1.11. The van der Waals surface area contributed by atoms with Crippen LogP contribution in [0.2, 0.25) is 0 Å². The molecule has 1 fully saturated rings. The van der Waals surface area contributed by atoms with Gasteiger partial charge in [0.2, 0.25) is 0 Å². The lowest BCUT2D eigenvalue weighted by Crippen LogP contribution is -2.45. The number of nitrogens with zero attached hydrogens (tertiary/aromatic N) is 3. The largest absolute Gasteiger partial charge is 0.392 e. The van der Waals surface area contributed by atoms with Gasteiger partial charge in [0.25, 0.3) is 0 Å². The quantitative estimate of drug-likeness (QED) is 0.865. The van der Waals surface area contributed by atoms with E-state index in [9.17, 15) is 5.11 Å². The van der Waals surface area contributed by atoms with Gasteiger partial charge in [0.15, 0.2) is 0 Å². The van der Waals surface area contributed by atoms with E-state index < -0.39 is 0 Å². The summed E-state index contributed by atoms with van der Waals surface area (Å²) in [5, 5.41) is 9.83. The molecule has 1 N–H and O–H groups in total. The predicted molar refractivity (Wildman–Crippen MR) is 67.6 cm³/mol. The van der Waals surface area contributed by atoms with Gasteiger partial charge in [-0.1, -0.05) is 6.42 Å². The summed E-state index contributed by atoms with van der Waals surface area (Å²) in [5.41, 5.74) is 0. The number of rotatable bonds is 4. The van der Waals surface area contributed by atoms with E-state index in [2.05, 4.69) is 21.4 Å². The van der Waals surface area contributed by atoms with Crippen LogP contribution >= 0.6 is 0 Å². The van der Waals surface area contributed by atoms with Crippen LogP contribution in [0.4, 0.5) is 0 Å². The van der Waals surface area contributed by atoms with Gasteiger partial charge >= 0.3 is 0 Å². The number of aromatic nitrogens is 2. The molecule has 1 aliphatic heterocycles. The van der Waals surface area contributed by atoms with Gasteiger partial charge in [0, 0.05) is 25.0 Å². The molecule has 1 aromatic heterocycles. The van der Waals surface area contributed by atoms with Crippen LogP contribution < -0.4 is 0 Å². The summed E-state index contributed by atoms with van der Waals surface area (Å²) >= 11 is 0. The van der Waals surface area contributed by atoms with Crippen molar-refractivity contribution in [1.82, 2.24) is 14.5 Å². The first kappa shape index (κ1) is 12.6. The summed E-state index contributed by atoms with van der Waals surface area (Å²) in [6, 6.07) is 0.297. The maximum Gasteiger partial charge on any atom is 0.122 e. The second kappa shape index (κ2) is 5.65. The Balaban J connectivity index is 2.05. The summed E-state index contributed by atoms with van der Waals surface area (Å²) in [6.07, 6.45) is 7.20. The normalized spacial score (nSPS) is 23.8. The Hall–Kier alpha value is -0.870. The molecule has 4 nitrogen and oxygen atoms in total. The van der Waals surface area contributed by atoms with Crippen LogP contribution in [-0.2, 0) is 13.1 Å². The topological polar surface area (TPSA) is 41.3 Å². The standard InChI is InChI=1S/C13H23N3O/c1-3-15-9-7-14-13(15)10-16-8-5-4-6-12(16)11(2)17/h7,9,11-12,17H,3-6,8,10H2,1-2H3. The minimum Gasteiger partial charge on any atom is -0.392 e. The van der Waals surface area contributed by atoms with Gasteiger partial charge in [0.1, 0.15) is 5.82 Å². The van der Waals surface area contributed by atoms with Crippen LogP contribution in [0.15, 0.2) is 12.4 Å². The third-order valence-electron chi connectivity index (χ3n) is 3.71. The van der Waals surface area contributed by atoms with Crippen LogP contribution in [0.25, 0.3) is 0 Å². The first-order valence-electron chi connectivity index (χ1n) is 6.64. The molecule has 1 saturated heterocycles. The first-order valence-corrected chi connectivity index (χ1v) is 6.64. The van der Waals surface area contributed by atoms with E-state index >= 15 is 0 Å². The first-order chi connectivity index (χ1) is 8.22. The number of likely N-dealkylation sites (tertiary alicyclic amines) is 1. The Bertz CT molecular complexity index is 348. The average Bonchev–Trinajstić information content (AvgIpc) is 2.77. The SMILES string of the molecule is CCn1ccnc1CN1CCCCC1C(C)O. The molecule has 0 saturated carbocycles. The van der Waals surface area contributed by atoms with Gasteiger partial charge in [0.05, 0.1) is 12.6 Å². The summed E-state index contributed by atoms with van der Waals surface area (Å²) in [6.45, 7) is 6.92. The molecule has 0 aliphatic carbocycles. The van der Waals surface area contributed by atoms with Crippen molar-refractivity contribution in [2.45, 2.75) is 58.3 Å². The number of aryl methyl sites for hydroxylation is 1. The van der Waals surface area contributed by atoms with Crippen molar-refractivity contribution < 1.29 is 5.11 Å². The van der Waals surface area contributed by atoms with E-state index in [1.54, 1.807) is 0 Å². The molecule has 4 heteroatoms. The van der Waals surface area contributed by atoms with E-state index in [0.717, 1.165) is 31.9 Å². The Kier molecular flexibility index (Phi) is 4.18. The molecular formula is C13H23N3O. The van der Waals surface area contributed by atoms with Gasteiger partial charge in [-0.15, -0.1) is 0 Å². The van der Waals surface area contributed by atoms with Gasteiger partial charge < -0.3 is 9.67 Å². The molecule has 1 aromatic rings. The molecule has 0 radical (unpaired) electrons. The van der Waals surface area contributed by atoms with Crippen molar-refractivity contribution in [2.75, 3.05) is 6.54 Å². The van der Waals surface area contributed by atoms with Crippen LogP contribution in [0.5, 0.6) is 0 Å². The average molecular weight is 237 g/mol. The number of aliphatic hydroxyl groups is 1. The zero-order valence-corrected chi connectivity index (χ0v) is 10.8. The lowest BCUT2D eigenvalue weighted by molar-refractivity contribution is 0.0296. The van der Waals surface area contributed by atoms with Crippen LogP contribution in [0.3, 0.4) is 0 Å². The van der Waals surface area contributed by atoms with Crippen molar-refractivity contribution in [2.24, 2.45) is 0 Å². The number of imidazole rings is 1. The van der Waals surface area contributed by atoms with Crippen molar-refractivity contribution in [3.63, 3.8) is 0 Å². The van der Waals surface area contributed by atoms with E-state index in [1.807, 2.05) is 19.3 Å². The molecular weight excluding hydrogens is 214 g/mol. The molecule has 17 heavy (non-hydrogen) atoms. The van der Waals surface area contributed by atoms with E-state index in [4.69, 9.17) is 0 Å². The molecule has 1 aliphatic rings. The van der Waals surface area contributed by atoms with Crippen LogP contribution in [-0.4, -0.2) is 38.2 Å². The Labute approximate surface area is 103 Å². The van der Waals surface area contributed by atoms with Gasteiger partial charge in [-0.2, -0.15) is 0 Å². The zero-order valence-electron chi connectivity index (χ0n) is 10.8. The van der Waals surface area contributed by atoms with E-state index in [-0.39, 0.29) is 6.10 Å². The lowest BCUT2D eigenvalue weighted by atomic mass is 9.98. The molecule has 0 spiro atoms. The predicted octanol–water partition coefficient (Wildman–Crippen LogP) is 1.64. The maximum atomic E-state index is 9.83. The second-order valence-corrected chi connectivity index (χ2v) is 4.90. The Morgan fingerprint density at radius 3 is 3.06 bits per heavy atom. The smallest absolute Gasteiger partial charge is 0.122 e. The Morgan fingerprint density at radius 1 is 1.53 bits per heavy atom. The summed E-state index contributed by atoms with van der Waals surface area (Å²) in [4.78, 5) is 6.79. The zero-order chi connectivity index (χ0) is 12.3. The highest BCUT2D eigenvalue weighted by Gasteiger charge is 2.26. The maximum absolute atomic E-state index is 9.83. The summed E-state index contributed by atoms with van der Waals surface area (Å²) in [7, 11) is 0. The van der Waals surface area contributed by atoms with Gasteiger partial charge in [-0.25, -0.2) is 4.98 Å². The van der Waals surface area contributed by atoms with Crippen LogP contribution in [0.1, 0.15) is 38.9 Å². The highest BCUT2D eigenvalue weighted by Crippen LogP contribution is 2.21. The second-order valence-electron chi connectivity index (χ2n) is 4.90. The monoisotopic (exact) mass is 237 g/mol. The molecule has 2 heterocycles. The third kappa shape index (κ3) is 2.87. The minimum atomic E-state index is -0.250. The molecule has 2 unspecified atom stereocenters. The third-order valence-corrected chi connectivity index (χ3v) is 3.71. The number of hydrogen-bond donors (Lipinski definition) is 1. The fourth-order valence-corrected chi connectivity index (χ4v) is 2.72. The molecule has 0 aromatic carbocycles. The van der Waals surface area contributed by atoms with Crippen molar-refractivity contribution in [3.05, 3.63) is 18.2 Å². The number of piperidine rings is 1. The van der Waals surface area contributed by atoms with Gasteiger partial charge in [-0.3, -0.25) is 4.90 Å². The fraction of sp³-hybridized carbons (Fsp3) is 0.769. The van der Waals surface area contributed by atoms with E-state index in [0.29, 0.717) is 6.04 Å². The number of aliphatic hydroxyl groups excluding tert-OH is 1. The lowest BCUT2D eigenvalue weighted by Gasteiger charge is -2.37. The van der Waals surface area contributed by atoms with Gasteiger partial charge in [-0.05, 0) is 33.2 Å². The molecule has 0 bridgehead atoms. The van der Waals surface area contributed by atoms with Crippen molar-refractivity contribution in [3.8, 4) is 0 Å². The van der Waals surface area contributed by atoms with Crippen LogP contribution in [0, 0.1) is 0 Å². The highest BCUT2D eigenvalue weighted by atomic mass is 16.3. The molecule has 0 amide bonds. The van der Waals surface area contributed by atoms with Crippen molar-refractivity contribution in [1.29, 1.82) is 0 Å². The summed E-state index contributed by atoms with van der Waals surface area (Å²) < 4.78 is 2.17. The van der Waals surface area contributed by atoms with Crippen molar-refractivity contribution >= 4 is 0 Å². The molecule has 96 valence electrons. The minimum absolute atomic E-state index is 0.250. The van der Waals surface area contributed by atoms with E-state index in [1.165, 1.54) is 12.8 Å². The number of hydrogen-bond acceptors (Lipinski definition) is 3.